The predicted molar refractivity (Wildman–Crippen MR) is 66.2 cm³/mol. The molecule has 0 aromatic carbocycles. The standard InChI is InChI=1S/C12H23N3/c1-3-10-14-12(13-4-2)15-11-8-6-5-7-9-11/h3,11H,1,4-10H2,2H3,(H2,13,14,15). The van der Waals surface area contributed by atoms with Crippen molar-refractivity contribution in [2.45, 2.75) is 45.1 Å². The predicted octanol–water partition coefficient (Wildman–Crippen LogP) is 2.06. The first-order valence-electron chi connectivity index (χ1n) is 6.02. The van der Waals surface area contributed by atoms with Gasteiger partial charge in [-0.15, -0.1) is 6.58 Å². The summed E-state index contributed by atoms with van der Waals surface area (Å²) >= 11 is 0. The second-order valence-electron chi connectivity index (χ2n) is 3.99. The zero-order valence-corrected chi connectivity index (χ0v) is 9.76. The molecule has 1 saturated carbocycles. The Hall–Kier alpha value is -0.990. The lowest BCUT2D eigenvalue weighted by Gasteiger charge is -2.24. The Kier molecular flexibility index (Phi) is 5.90. The molecule has 0 bridgehead atoms. The van der Waals surface area contributed by atoms with Gasteiger partial charge in [0.25, 0.3) is 0 Å². The van der Waals surface area contributed by atoms with Crippen molar-refractivity contribution >= 4 is 5.96 Å². The molecule has 3 nitrogen and oxygen atoms in total. The van der Waals surface area contributed by atoms with Gasteiger partial charge in [-0.05, 0) is 19.8 Å². The Bertz CT molecular complexity index is 205. The first-order chi connectivity index (χ1) is 7.36. The molecule has 2 N–H and O–H groups in total. The molecule has 0 aromatic heterocycles. The van der Waals surface area contributed by atoms with Gasteiger partial charge in [-0.1, -0.05) is 25.3 Å². The minimum absolute atomic E-state index is 0.612. The number of guanidine groups is 1. The lowest BCUT2D eigenvalue weighted by Crippen LogP contribution is -2.44. The number of hydrogen-bond donors (Lipinski definition) is 2. The third-order valence-electron chi connectivity index (χ3n) is 2.67. The highest BCUT2D eigenvalue weighted by Crippen LogP contribution is 2.17. The smallest absolute Gasteiger partial charge is 0.191 e. The number of rotatable bonds is 4. The Morgan fingerprint density at radius 2 is 2.13 bits per heavy atom. The van der Waals surface area contributed by atoms with Crippen LogP contribution in [0.5, 0.6) is 0 Å². The number of nitrogens with one attached hydrogen (secondary N) is 2. The molecule has 0 spiro atoms. The molecule has 0 heterocycles. The molecule has 1 fully saturated rings. The summed E-state index contributed by atoms with van der Waals surface area (Å²) in [6.45, 7) is 7.36. The van der Waals surface area contributed by atoms with Gasteiger partial charge in [-0.2, -0.15) is 0 Å². The van der Waals surface area contributed by atoms with Gasteiger partial charge in [0, 0.05) is 12.6 Å². The van der Waals surface area contributed by atoms with E-state index in [-0.39, 0.29) is 0 Å². The van der Waals surface area contributed by atoms with Gasteiger partial charge in [0.1, 0.15) is 0 Å². The van der Waals surface area contributed by atoms with E-state index in [4.69, 9.17) is 0 Å². The molecule has 1 rings (SSSR count). The fraction of sp³-hybridized carbons (Fsp3) is 0.750. The fourth-order valence-corrected chi connectivity index (χ4v) is 1.92. The number of nitrogens with zero attached hydrogens (tertiary/aromatic N) is 1. The van der Waals surface area contributed by atoms with E-state index in [0.717, 1.165) is 12.5 Å². The average Bonchev–Trinajstić information content (AvgIpc) is 2.28. The van der Waals surface area contributed by atoms with Crippen LogP contribution in [0.15, 0.2) is 17.6 Å². The zero-order valence-electron chi connectivity index (χ0n) is 9.76. The van der Waals surface area contributed by atoms with Crippen LogP contribution < -0.4 is 10.6 Å². The van der Waals surface area contributed by atoms with E-state index >= 15 is 0 Å². The molecule has 0 unspecified atom stereocenters. The molecule has 1 aliphatic carbocycles. The van der Waals surface area contributed by atoms with Gasteiger partial charge >= 0.3 is 0 Å². The largest absolute Gasteiger partial charge is 0.357 e. The minimum Gasteiger partial charge on any atom is -0.357 e. The van der Waals surface area contributed by atoms with E-state index in [2.05, 4.69) is 29.1 Å². The summed E-state index contributed by atoms with van der Waals surface area (Å²) in [5, 5.41) is 6.74. The SMILES string of the molecule is C=CCN=C(NCC)NC1CCCCC1. The topological polar surface area (TPSA) is 36.4 Å². The Morgan fingerprint density at radius 3 is 2.73 bits per heavy atom. The molecule has 0 aromatic rings. The van der Waals surface area contributed by atoms with Gasteiger partial charge in [0.15, 0.2) is 5.96 Å². The second kappa shape index (κ2) is 7.32. The Balaban J connectivity index is 2.37. The minimum atomic E-state index is 0.612. The van der Waals surface area contributed by atoms with E-state index < -0.39 is 0 Å². The van der Waals surface area contributed by atoms with Crippen LogP contribution in [-0.2, 0) is 0 Å². The molecule has 86 valence electrons. The molecule has 0 atom stereocenters. The van der Waals surface area contributed by atoms with E-state index in [9.17, 15) is 0 Å². The van der Waals surface area contributed by atoms with Gasteiger partial charge in [-0.3, -0.25) is 0 Å². The lowest BCUT2D eigenvalue weighted by atomic mass is 9.96. The fourth-order valence-electron chi connectivity index (χ4n) is 1.92. The van der Waals surface area contributed by atoms with Crippen LogP contribution >= 0.6 is 0 Å². The van der Waals surface area contributed by atoms with E-state index in [1.165, 1.54) is 32.1 Å². The summed E-state index contributed by atoms with van der Waals surface area (Å²) in [5.74, 6) is 0.935. The third kappa shape index (κ3) is 4.86. The number of aliphatic imine (C=N–C) groups is 1. The number of hydrogen-bond acceptors (Lipinski definition) is 1. The molecule has 0 aliphatic heterocycles. The molecule has 3 heteroatoms. The normalized spacial score (nSPS) is 18.6. The van der Waals surface area contributed by atoms with Crippen LogP contribution in [0.3, 0.4) is 0 Å². The zero-order chi connectivity index (χ0) is 10.9. The van der Waals surface area contributed by atoms with Crippen molar-refractivity contribution in [3.63, 3.8) is 0 Å². The average molecular weight is 209 g/mol. The lowest BCUT2D eigenvalue weighted by molar-refractivity contribution is 0.410. The highest BCUT2D eigenvalue weighted by atomic mass is 15.2. The van der Waals surface area contributed by atoms with Crippen molar-refractivity contribution < 1.29 is 0 Å². The Morgan fingerprint density at radius 1 is 1.40 bits per heavy atom. The summed E-state index contributed by atoms with van der Waals surface area (Å²) < 4.78 is 0. The van der Waals surface area contributed by atoms with Crippen LogP contribution in [0.2, 0.25) is 0 Å². The van der Waals surface area contributed by atoms with Crippen molar-refractivity contribution in [3.05, 3.63) is 12.7 Å². The van der Waals surface area contributed by atoms with E-state index in [1.807, 2.05) is 6.08 Å². The molecule has 0 radical (unpaired) electrons. The monoisotopic (exact) mass is 209 g/mol. The quantitative estimate of drug-likeness (QED) is 0.422. The maximum Gasteiger partial charge on any atom is 0.191 e. The molecule has 1 aliphatic rings. The van der Waals surface area contributed by atoms with Crippen LogP contribution in [0.25, 0.3) is 0 Å². The summed E-state index contributed by atoms with van der Waals surface area (Å²) in [5.41, 5.74) is 0. The van der Waals surface area contributed by atoms with E-state index in [1.54, 1.807) is 0 Å². The molecule has 15 heavy (non-hydrogen) atoms. The Labute approximate surface area is 93.1 Å². The summed E-state index contributed by atoms with van der Waals surface area (Å²) in [6, 6.07) is 0.612. The van der Waals surface area contributed by atoms with Crippen molar-refractivity contribution in [1.82, 2.24) is 10.6 Å². The van der Waals surface area contributed by atoms with Gasteiger partial charge < -0.3 is 10.6 Å². The van der Waals surface area contributed by atoms with Crippen molar-refractivity contribution in [1.29, 1.82) is 0 Å². The first kappa shape index (κ1) is 12.1. The molecular formula is C12H23N3. The van der Waals surface area contributed by atoms with Crippen LogP contribution in [0.4, 0.5) is 0 Å². The summed E-state index contributed by atoms with van der Waals surface area (Å²) in [4.78, 5) is 4.40. The highest BCUT2D eigenvalue weighted by molar-refractivity contribution is 5.80. The second-order valence-corrected chi connectivity index (χ2v) is 3.99. The van der Waals surface area contributed by atoms with Crippen LogP contribution in [0, 0.1) is 0 Å². The third-order valence-corrected chi connectivity index (χ3v) is 2.67. The summed E-state index contributed by atoms with van der Waals surface area (Å²) in [6.07, 6.45) is 8.45. The van der Waals surface area contributed by atoms with Gasteiger partial charge in [0.05, 0.1) is 6.54 Å². The van der Waals surface area contributed by atoms with Crippen molar-refractivity contribution in [2.75, 3.05) is 13.1 Å². The van der Waals surface area contributed by atoms with Crippen molar-refractivity contribution in [2.24, 2.45) is 4.99 Å². The molecule has 0 amide bonds. The highest BCUT2D eigenvalue weighted by Gasteiger charge is 2.13. The van der Waals surface area contributed by atoms with E-state index in [0.29, 0.717) is 12.6 Å². The van der Waals surface area contributed by atoms with Gasteiger partial charge in [0.2, 0.25) is 0 Å². The van der Waals surface area contributed by atoms with Crippen LogP contribution in [0.1, 0.15) is 39.0 Å². The van der Waals surface area contributed by atoms with Crippen LogP contribution in [-0.4, -0.2) is 25.1 Å². The molecular weight excluding hydrogens is 186 g/mol. The maximum atomic E-state index is 4.40. The van der Waals surface area contributed by atoms with Crippen molar-refractivity contribution in [3.8, 4) is 0 Å². The summed E-state index contributed by atoms with van der Waals surface area (Å²) in [7, 11) is 0. The van der Waals surface area contributed by atoms with Gasteiger partial charge in [-0.25, -0.2) is 4.99 Å². The first-order valence-corrected chi connectivity index (χ1v) is 6.02. The maximum absolute atomic E-state index is 4.40. The molecule has 0 saturated heterocycles.